The second-order valence-corrected chi connectivity index (χ2v) is 11.7. The first kappa shape index (κ1) is 31.2. The van der Waals surface area contributed by atoms with Crippen LogP contribution in [0, 0.1) is 0 Å². The van der Waals surface area contributed by atoms with Crippen LogP contribution in [0.5, 0.6) is 5.75 Å². The molecule has 0 aliphatic carbocycles. The van der Waals surface area contributed by atoms with Gasteiger partial charge in [-0.3, -0.25) is 14.4 Å². The molecule has 2 unspecified atom stereocenters. The van der Waals surface area contributed by atoms with Gasteiger partial charge in [0.2, 0.25) is 5.91 Å². The van der Waals surface area contributed by atoms with E-state index in [-0.39, 0.29) is 23.8 Å². The molecule has 2 N–H and O–H groups in total. The average Bonchev–Trinajstić information content (AvgIpc) is 3.35. The molecular formula is C34H34Cl2N4O4. The summed E-state index contributed by atoms with van der Waals surface area (Å²) in [5, 5.41) is 6.73. The van der Waals surface area contributed by atoms with Crippen LogP contribution in [0.2, 0.25) is 10.0 Å². The Morgan fingerprint density at radius 1 is 0.955 bits per heavy atom. The fraction of sp³-hybridized carbons (Fsp3) is 0.265. The van der Waals surface area contributed by atoms with Gasteiger partial charge in [-0.1, -0.05) is 35.3 Å². The molecule has 4 aromatic rings. The van der Waals surface area contributed by atoms with Crippen molar-refractivity contribution in [2.75, 3.05) is 23.9 Å². The zero-order valence-electron chi connectivity index (χ0n) is 24.8. The van der Waals surface area contributed by atoms with Crippen LogP contribution in [-0.2, 0) is 18.3 Å². The maximum Gasteiger partial charge on any atom is 0.262 e. The number of benzene rings is 3. The third-order valence-corrected chi connectivity index (χ3v) is 8.58. The first-order chi connectivity index (χ1) is 21.2. The van der Waals surface area contributed by atoms with Crippen molar-refractivity contribution in [3.8, 4) is 5.75 Å². The van der Waals surface area contributed by atoms with Crippen molar-refractivity contribution in [3.05, 3.63) is 111 Å². The van der Waals surface area contributed by atoms with Gasteiger partial charge in [0, 0.05) is 60.4 Å². The third kappa shape index (κ3) is 6.61. The van der Waals surface area contributed by atoms with Gasteiger partial charge in [0.1, 0.15) is 5.75 Å². The van der Waals surface area contributed by atoms with Crippen molar-refractivity contribution < 1.29 is 19.1 Å². The topological polar surface area (TPSA) is 92.7 Å². The van der Waals surface area contributed by atoms with Crippen molar-refractivity contribution in [1.29, 1.82) is 0 Å². The maximum absolute atomic E-state index is 14.2. The fourth-order valence-corrected chi connectivity index (χ4v) is 6.05. The molecule has 0 bridgehead atoms. The first-order valence-electron chi connectivity index (χ1n) is 14.4. The number of hydrogen-bond donors (Lipinski definition) is 2. The molecule has 0 fully saturated rings. The zero-order chi connectivity index (χ0) is 31.4. The van der Waals surface area contributed by atoms with E-state index in [9.17, 15) is 14.4 Å². The normalized spacial score (nSPS) is 16.1. The summed E-state index contributed by atoms with van der Waals surface area (Å²) in [6, 6.07) is 20.8. The number of carbonyl (C=O) groups is 3. The monoisotopic (exact) mass is 632 g/mol. The molecule has 2 atom stereocenters. The zero-order valence-corrected chi connectivity index (χ0v) is 26.3. The predicted octanol–water partition coefficient (Wildman–Crippen LogP) is 6.86. The molecule has 2 heterocycles. The summed E-state index contributed by atoms with van der Waals surface area (Å²) in [4.78, 5) is 42.2. The second kappa shape index (κ2) is 13.6. The van der Waals surface area contributed by atoms with Gasteiger partial charge < -0.3 is 24.8 Å². The Balaban J connectivity index is 1.40. The Hall–Kier alpha value is -4.27. The largest absolute Gasteiger partial charge is 0.496 e. The van der Waals surface area contributed by atoms with Crippen molar-refractivity contribution in [1.82, 2.24) is 9.88 Å². The van der Waals surface area contributed by atoms with Gasteiger partial charge >= 0.3 is 0 Å². The number of aromatic nitrogens is 1. The van der Waals surface area contributed by atoms with Crippen LogP contribution >= 0.6 is 23.2 Å². The molecule has 1 aliphatic rings. The molecule has 1 aromatic heterocycles. The molecule has 0 spiro atoms. The smallest absolute Gasteiger partial charge is 0.262 e. The van der Waals surface area contributed by atoms with E-state index in [1.807, 2.05) is 36.9 Å². The van der Waals surface area contributed by atoms with E-state index >= 15 is 0 Å². The summed E-state index contributed by atoms with van der Waals surface area (Å²) < 4.78 is 7.65. The van der Waals surface area contributed by atoms with Gasteiger partial charge in [-0.15, -0.1) is 0 Å². The highest BCUT2D eigenvalue weighted by molar-refractivity contribution is 6.34. The quantitative estimate of drug-likeness (QED) is 0.222. The Morgan fingerprint density at radius 2 is 1.75 bits per heavy atom. The lowest BCUT2D eigenvalue weighted by molar-refractivity contribution is -0.122. The average molecular weight is 634 g/mol. The van der Waals surface area contributed by atoms with Crippen molar-refractivity contribution in [3.63, 3.8) is 0 Å². The molecular weight excluding hydrogens is 599 g/mol. The molecule has 5 rings (SSSR count). The van der Waals surface area contributed by atoms with Gasteiger partial charge in [0.05, 0.1) is 29.2 Å². The van der Waals surface area contributed by atoms with E-state index in [2.05, 4.69) is 10.6 Å². The van der Waals surface area contributed by atoms with Crippen LogP contribution in [0.25, 0.3) is 0 Å². The molecule has 8 nitrogen and oxygen atoms in total. The van der Waals surface area contributed by atoms with E-state index < -0.39 is 5.92 Å². The van der Waals surface area contributed by atoms with Crippen LogP contribution in [0.1, 0.15) is 57.7 Å². The SMILES string of the molecule is COc1cc(NC(=O)c2ccccc2Cl)ccc1C(=O)N1c2ccc(Cl)cc2C(C(=O)NCCc2cccn2C)CCC1C. The lowest BCUT2D eigenvalue weighted by Crippen LogP contribution is -2.38. The maximum atomic E-state index is 14.2. The van der Waals surface area contributed by atoms with Crippen molar-refractivity contribution >= 4 is 52.3 Å². The summed E-state index contributed by atoms with van der Waals surface area (Å²) in [5.41, 5.74) is 3.57. The Bertz CT molecular complexity index is 1700. The van der Waals surface area contributed by atoms with Gasteiger partial charge in [-0.25, -0.2) is 0 Å². The number of rotatable bonds is 8. The van der Waals surface area contributed by atoms with Crippen LogP contribution < -0.4 is 20.3 Å². The van der Waals surface area contributed by atoms with E-state index in [0.717, 1.165) is 5.69 Å². The molecule has 10 heteroatoms. The number of hydrogen-bond acceptors (Lipinski definition) is 4. The summed E-state index contributed by atoms with van der Waals surface area (Å²) in [6.07, 6.45) is 3.84. The van der Waals surface area contributed by atoms with Crippen LogP contribution in [0.15, 0.2) is 79.0 Å². The number of nitrogens with one attached hydrogen (secondary N) is 2. The number of halogens is 2. The predicted molar refractivity (Wildman–Crippen MR) is 174 cm³/mol. The lowest BCUT2D eigenvalue weighted by Gasteiger charge is -2.30. The highest BCUT2D eigenvalue weighted by atomic mass is 35.5. The van der Waals surface area contributed by atoms with Gasteiger partial charge in [0.15, 0.2) is 0 Å². The molecule has 228 valence electrons. The lowest BCUT2D eigenvalue weighted by atomic mass is 9.92. The number of methoxy groups -OCH3 is 1. The standard InChI is InChI=1S/C34H34Cl2N4O4/c1-21-10-13-25(32(41)37-17-16-24-7-6-18-39(24)2)28-19-22(35)11-15-30(28)40(21)34(43)27-14-12-23(20-31(27)44-3)38-33(42)26-8-4-5-9-29(26)36/h4-9,11-12,14-15,18-21,25H,10,13,16-17H2,1-3H3,(H,37,41)(H,38,42). The first-order valence-corrected chi connectivity index (χ1v) is 15.2. The number of aryl methyl sites for hydroxylation is 1. The number of nitrogens with zero attached hydrogens (tertiary/aromatic N) is 2. The van der Waals surface area contributed by atoms with Crippen molar-refractivity contribution in [2.45, 2.75) is 38.1 Å². The van der Waals surface area contributed by atoms with Gasteiger partial charge in [-0.05, 0) is 79.9 Å². The highest BCUT2D eigenvalue weighted by Crippen LogP contribution is 2.40. The number of fused-ring (bicyclic) bond motifs is 1. The van der Waals surface area contributed by atoms with E-state index in [1.165, 1.54) is 7.11 Å². The van der Waals surface area contributed by atoms with Crippen LogP contribution in [-0.4, -0.2) is 42.0 Å². The molecule has 44 heavy (non-hydrogen) atoms. The van der Waals surface area contributed by atoms with E-state index in [4.69, 9.17) is 27.9 Å². The third-order valence-electron chi connectivity index (χ3n) is 8.01. The summed E-state index contributed by atoms with van der Waals surface area (Å²) >= 11 is 12.6. The minimum Gasteiger partial charge on any atom is -0.496 e. The van der Waals surface area contributed by atoms with Crippen LogP contribution in [0.3, 0.4) is 0 Å². The van der Waals surface area contributed by atoms with Gasteiger partial charge in [-0.2, -0.15) is 0 Å². The van der Waals surface area contributed by atoms with E-state index in [1.54, 1.807) is 65.6 Å². The molecule has 3 aromatic carbocycles. The molecule has 1 aliphatic heterocycles. The Morgan fingerprint density at radius 3 is 2.48 bits per heavy atom. The molecule has 0 saturated heterocycles. The summed E-state index contributed by atoms with van der Waals surface area (Å²) in [6.45, 7) is 2.47. The summed E-state index contributed by atoms with van der Waals surface area (Å²) in [7, 11) is 3.45. The summed E-state index contributed by atoms with van der Waals surface area (Å²) in [5.74, 6) is -0.931. The fourth-order valence-electron chi connectivity index (χ4n) is 5.65. The van der Waals surface area contributed by atoms with Crippen molar-refractivity contribution in [2.24, 2.45) is 7.05 Å². The number of anilines is 2. The minimum atomic E-state index is -0.471. The molecule has 0 saturated carbocycles. The molecule has 0 radical (unpaired) electrons. The second-order valence-electron chi connectivity index (χ2n) is 10.9. The number of amides is 3. The highest BCUT2D eigenvalue weighted by Gasteiger charge is 2.35. The van der Waals surface area contributed by atoms with Crippen LogP contribution in [0.4, 0.5) is 11.4 Å². The number of ether oxygens (including phenoxy) is 1. The number of carbonyl (C=O) groups excluding carboxylic acids is 3. The minimum absolute atomic E-state index is 0.0968. The molecule has 3 amide bonds. The van der Waals surface area contributed by atoms with Gasteiger partial charge in [0.25, 0.3) is 11.8 Å². The Kier molecular flexibility index (Phi) is 9.61. The Labute approximate surface area is 266 Å². The van der Waals surface area contributed by atoms with E-state index in [0.29, 0.717) is 69.7 Å².